The van der Waals surface area contributed by atoms with E-state index in [-0.39, 0.29) is 11.9 Å². The summed E-state index contributed by atoms with van der Waals surface area (Å²) in [6.45, 7) is 2.88. The van der Waals surface area contributed by atoms with Gasteiger partial charge in [0.2, 0.25) is 0 Å². The first-order chi connectivity index (χ1) is 9.58. The third kappa shape index (κ3) is 3.05. The van der Waals surface area contributed by atoms with E-state index in [9.17, 15) is 4.39 Å². The second-order valence-electron chi connectivity index (χ2n) is 4.50. The molecule has 108 valence electrons. The first-order valence-corrected chi connectivity index (χ1v) is 7.59. The van der Waals surface area contributed by atoms with Gasteiger partial charge in [0, 0.05) is 6.54 Å². The van der Waals surface area contributed by atoms with E-state index in [0.29, 0.717) is 9.50 Å². The van der Waals surface area contributed by atoms with Crippen molar-refractivity contribution in [1.82, 2.24) is 15.1 Å². The minimum absolute atomic E-state index is 0.131. The molecule has 0 aliphatic heterocycles. The summed E-state index contributed by atoms with van der Waals surface area (Å²) < 4.78 is 15.7. The van der Waals surface area contributed by atoms with Crippen molar-refractivity contribution in [2.75, 3.05) is 7.05 Å². The van der Waals surface area contributed by atoms with Gasteiger partial charge in [-0.15, -0.1) is 0 Å². The molecule has 0 aliphatic carbocycles. The highest BCUT2D eigenvalue weighted by atomic mass is 79.9. The normalized spacial score (nSPS) is 12.7. The number of aromatic nitrogens is 2. The highest BCUT2D eigenvalue weighted by Crippen LogP contribution is 2.30. The Bertz CT molecular complexity index is 600. The molecule has 0 aliphatic rings. The molecule has 1 N–H and O–H groups in total. The van der Waals surface area contributed by atoms with Crippen LogP contribution in [-0.4, -0.2) is 16.8 Å². The highest BCUT2D eigenvalue weighted by Gasteiger charge is 2.21. The van der Waals surface area contributed by atoms with Gasteiger partial charge in [0.15, 0.2) is 0 Å². The fraction of sp³-hybridized carbons (Fsp3) is 0.357. The quantitative estimate of drug-likeness (QED) is 0.868. The molecule has 0 saturated carbocycles. The van der Waals surface area contributed by atoms with Crippen LogP contribution in [-0.2, 0) is 6.54 Å². The van der Waals surface area contributed by atoms with E-state index in [0.717, 1.165) is 24.2 Å². The number of halogens is 3. The summed E-state index contributed by atoms with van der Waals surface area (Å²) >= 11 is 9.48. The first-order valence-electron chi connectivity index (χ1n) is 6.41. The predicted molar refractivity (Wildman–Crippen MR) is 82.5 cm³/mol. The smallest absolute Gasteiger partial charge is 0.137 e. The number of aryl methyl sites for hydroxylation is 1. The van der Waals surface area contributed by atoms with Crippen LogP contribution < -0.4 is 5.32 Å². The van der Waals surface area contributed by atoms with Crippen LogP contribution in [0.5, 0.6) is 0 Å². The lowest BCUT2D eigenvalue weighted by Crippen LogP contribution is -2.22. The molecule has 1 heterocycles. The Morgan fingerprint density at radius 2 is 2.25 bits per heavy atom. The van der Waals surface area contributed by atoms with E-state index in [1.165, 1.54) is 6.07 Å². The van der Waals surface area contributed by atoms with Crippen LogP contribution in [0.3, 0.4) is 0 Å². The predicted octanol–water partition coefficient (Wildman–Crippen LogP) is 4.16. The van der Waals surface area contributed by atoms with Gasteiger partial charge in [0.25, 0.3) is 0 Å². The summed E-state index contributed by atoms with van der Waals surface area (Å²) in [7, 11) is 1.85. The Kier molecular flexibility index (Phi) is 5.18. The number of hydrogen-bond donors (Lipinski definition) is 1. The van der Waals surface area contributed by atoms with E-state index in [4.69, 9.17) is 11.6 Å². The standard InChI is InChI=1S/C14H16BrClFN3/c1-3-6-20-14(11(16)8-19-20)13(18-2)9-4-5-12(17)10(15)7-9/h4-5,7-8,13,18H,3,6H2,1-2H3. The van der Waals surface area contributed by atoms with Crippen molar-refractivity contribution in [1.29, 1.82) is 0 Å². The van der Waals surface area contributed by atoms with Crippen LogP contribution in [0.15, 0.2) is 28.9 Å². The molecule has 1 aromatic carbocycles. The Morgan fingerprint density at radius 3 is 2.85 bits per heavy atom. The third-order valence-electron chi connectivity index (χ3n) is 3.11. The summed E-state index contributed by atoms with van der Waals surface area (Å²) in [5.41, 5.74) is 1.83. The van der Waals surface area contributed by atoms with Crippen LogP contribution in [0.2, 0.25) is 5.02 Å². The van der Waals surface area contributed by atoms with Crippen molar-refractivity contribution in [2.45, 2.75) is 25.9 Å². The fourth-order valence-electron chi connectivity index (χ4n) is 2.20. The summed E-state index contributed by atoms with van der Waals surface area (Å²) in [5, 5.41) is 8.13. The van der Waals surface area contributed by atoms with Crippen molar-refractivity contribution in [2.24, 2.45) is 0 Å². The van der Waals surface area contributed by atoms with Crippen LogP contribution in [0.25, 0.3) is 0 Å². The maximum absolute atomic E-state index is 13.4. The van der Waals surface area contributed by atoms with Gasteiger partial charge < -0.3 is 5.32 Å². The molecular weight excluding hydrogens is 345 g/mol. The molecule has 3 nitrogen and oxygen atoms in total. The van der Waals surface area contributed by atoms with Crippen LogP contribution in [0.1, 0.15) is 30.6 Å². The molecule has 0 radical (unpaired) electrons. The molecule has 0 bridgehead atoms. The summed E-state index contributed by atoms with van der Waals surface area (Å²) in [6.07, 6.45) is 2.62. The number of benzene rings is 1. The minimum atomic E-state index is -0.281. The third-order valence-corrected chi connectivity index (χ3v) is 4.01. The number of rotatable bonds is 5. The molecule has 0 fully saturated rings. The van der Waals surface area contributed by atoms with E-state index >= 15 is 0 Å². The lowest BCUT2D eigenvalue weighted by molar-refractivity contribution is 0.534. The molecular formula is C14H16BrClFN3. The van der Waals surface area contributed by atoms with Gasteiger partial charge >= 0.3 is 0 Å². The Hall–Kier alpha value is -0.910. The molecule has 20 heavy (non-hydrogen) atoms. The molecule has 0 spiro atoms. The molecule has 1 atom stereocenters. The van der Waals surface area contributed by atoms with E-state index < -0.39 is 0 Å². The van der Waals surface area contributed by atoms with Gasteiger partial charge in [0.05, 0.1) is 27.4 Å². The van der Waals surface area contributed by atoms with Gasteiger partial charge in [-0.3, -0.25) is 4.68 Å². The second kappa shape index (κ2) is 6.70. The number of hydrogen-bond acceptors (Lipinski definition) is 2. The molecule has 0 saturated heterocycles. The molecule has 1 aromatic heterocycles. The Balaban J connectivity index is 2.46. The van der Waals surface area contributed by atoms with Crippen molar-refractivity contribution in [3.8, 4) is 0 Å². The van der Waals surface area contributed by atoms with E-state index in [1.807, 2.05) is 11.7 Å². The molecule has 2 aromatic rings. The maximum atomic E-state index is 13.4. The Labute approximate surface area is 131 Å². The topological polar surface area (TPSA) is 29.9 Å². The van der Waals surface area contributed by atoms with E-state index in [2.05, 4.69) is 33.3 Å². The number of nitrogens with one attached hydrogen (secondary N) is 1. The zero-order valence-corrected chi connectivity index (χ0v) is 13.7. The lowest BCUT2D eigenvalue weighted by Gasteiger charge is -2.19. The summed E-state index contributed by atoms with van der Waals surface area (Å²) in [6, 6.07) is 4.82. The zero-order valence-electron chi connectivity index (χ0n) is 11.3. The SMILES string of the molecule is CCCn1ncc(Cl)c1C(NC)c1ccc(F)c(Br)c1. The average Bonchev–Trinajstić information content (AvgIpc) is 2.77. The molecule has 0 amide bonds. The maximum Gasteiger partial charge on any atom is 0.137 e. The van der Waals surface area contributed by atoms with Gasteiger partial charge in [-0.25, -0.2) is 4.39 Å². The van der Waals surface area contributed by atoms with E-state index in [1.54, 1.807) is 18.3 Å². The van der Waals surface area contributed by atoms with Crippen molar-refractivity contribution >= 4 is 27.5 Å². The van der Waals surface area contributed by atoms with Crippen LogP contribution in [0.4, 0.5) is 4.39 Å². The van der Waals surface area contributed by atoms with Gasteiger partial charge in [-0.2, -0.15) is 5.10 Å². The lowest BCUT2D eigenvalue weighted by atomic mass is 10.0. The minimum Gasteiger partial charge on any atom is -0.308 e. The summed E-state index contributed by atoms with van der Waals surface area (Å²) in [4.78, 5) is 0. The van der Waals surface area contributed by atoms with Crippen LogP contribution in [0, 0.1) is 5.82 Å². The first kappa shape index (κ1) is 15.5. The highest BCUT2D eigenvalue weighted by molar-refractivity contribution is 9.10. The second-order valence-corrected chi connectivity index (χ2v) is 5.76. The molecule has 2 rings (SSSR count). The van der Waals surface area contributed by atoms with Crippen molar-refractivity contribution < 1.29 is 4.39 Å². The monoisotopic (exact) mass is 359 g/mol. The molecule has 6 heteroatoms. The Morgan fingerprint density at radius 1 is 1.50 bits per heavy atom. The molecule has 1 unspecified atom stereocenters. The largest absolute Gasteiger partial charge is 0.308 e. The number of nitrogens with zero attached hydrogens (tertiary/aromatic N) is 2. The van der Waals surface area contributed by atoms with Crippen LogP contribution >= 0.6 is 27.5 Å². The van der Waals surface area contributed by atoms with Gasteiger partial charge in [0.1, 0.15) is 5.82 Å². The summed E-state index contributed by atoms with van der Waals surface area (Å²) in [5.74, 6) is -0.281. The van der Waals surface area contributed by atoms with Crippen molar-refractivity contribution in [3.63, 3.8) is 0 Å². The van der Waals surface area contributed by atoms with Crippen molar-refractivity contribution in [3.05, 3.63) is 51.0 Å². The van der Waals surface area contributed by atoms with Gasteiger partial charge in [-0.05, 0) is 47.1 Å². The average molecular weight is 361 g/mol. The zero-order chi connectivity index (χ0) is 14.7. The fourth-order valence-corrected chi connectivity index (χ4v) is 2.85. The van der Waals surface area contributed by atoms with Gasteiger partial charge in [-0.1, -0.05) is 24.6 Å².